The fourth-order valence-corrected chi connectivity index (χ4v) is 10.6. The van der Waals surface area contributed by atoms with Crippen LogP contribution in [0.25, 0.3) is 11.0 Å². The molecule has 0 radical (unpaired) electrons. The van der Waals surface area contributed by atoms with Gasteiger partial charge in [-0.25, -0.2) is 15.0 Å². The van der Waals surface area contributed by atoms with E-state index in [-0.39, 0.29) is 46.6 Å². The van der Waals surface area contributed by atoms with Crippen molar-refractivity contribution in [3.63, 3.8) is 0 Å². The van der Waals surface area contributed by atoms with Gasteiger partial charge in [0.1, 0.15) is 41.1 Å². The molecule has 6 aromatic rings. The lowest BCUT2D eigenvalue weighted by atomic mass is 9.91. The quantitative estimate of drug-likeness (QED) is 0.0483. The van der Waals surface area contributed by atoms with E-state index in [2.05, 4.69) is 30.1 Å². The van der Waals surface area contributed by atoms with Gasteiger partial charge in [0.25, 0.3) is 17.7 Å². The Morgan fingerprint density at radius 1 is 0.753 bits per heavy atom. The summed E-state index contributed by atoms with van der Waals surface area (Å²) >= 11 is 6.67. The average Bonchev–Trinajstić information content (AvgIpc) is 3.95. The molecule has 2 atom stereocenters. The molecular weight excluding hydrogens is 950 g/mol. The van der Waals surface area contributed by atoms with Gasteiger partial charge < -0.3 is 24.3 Å². The SMILES string of the molecule is O=C1CCC(N2C(=O)c3ccc(OCCCCCCCN4CCN(c5ccc(C(=O)N6CCC[C@@H](Cc7ncnc8[nH]cc(C(=O)c9ccc(Oc%10ccccc%10)cc9Cl)c78)C6)cn5)CC4)cc3C2=O)C(=O)N1. The highest BCUT2D eigenvalue weighted by molar-refractivity contribution is 6.35. The number of unbranched alkanes of at least 4 members (excludes halogenated alkanes) is 4. The Balaban J connectivity index is 0.638. The maximum Gasteiger partial charge on any atom is 0.262 e. The van der Waals surface area contributed by atoms with Gasteiger partial charge in [-0.1, -0.05) is 49.1 Å². The number of nitrogens with zero attached hydrogens (tertiary/aromatic N) is 7. The first-order chi connectivity index (χ1) is 35.6. The molecule has 0 spiro atoms. The molecule has 5 amide bonds. The first kappa shape index (κ1) is 49.1. The minimum atomic E-state index is -0.998. The maximum absolute atomic E-state index is 14.0. The van der Waals surface area contributed by atoms with E-state index >= 15 is 0 Å². The number of likely N-dealkylation sites (tertiary alicyclic amines) is 1. The van der Waals surface area contributed by atoms with E-state index in [1.54, 1.807) is 48.8 Å². The Morgan fingerprint density at radius 3 is 2.34 bits per heavy atom. The molecule has 18 heteroatoms. The Hall–Kier alpha value is -7.50. The number of hydrogen-bond donors (Lipinski definition) is 2. The third kappa shape index (κ3) is 11.0. The number of anilines is 1. The number of halogens is 1. The predicted octanol–water partition coefficient (Wildman–Crippen LogP) is 7.68. The van der Waals surface area contributed by atoms with Crippen LogP contribution in [0.3, 0.4) is 0 Å². The number of H-pyrrole nitrogens is 1. The van der Waals surface area contributed by atoms with Crippen LogP contribution in [0.1, 0.15) is 110 Å². The van der Waals surface area contributed by atoms with E-state index in [1.807, 2.05) is 47.4 Å². The van der Waals surface area contributed by atoms with E-state index in [4.69, 9.17) is 26.1 Å². The number of ether oxygens (including phenoxy) is 2. The third-order valence-electron chi connectivity index (χ3n) is 14.2. The van der Waals surface area contributed by atoms with Gasteiger partial charge in [-0.15, -0.1) is 0 Å². The van der Waals surface area contributed by atoms with Crippen molar-refractivity contribution in [1.29, 1.82) is 0 Å². The minimum absolute atomic E-state index is 0.0436. The minimum Gasteiger partial charge on any atom is -0.494 e. The number of aromatic amines is 1. The second kappa shape index (κ2) is 22.1. The molecule has 3 fully saturated rings. The Kier molecular flexibility index (Phi) is 14.9. The highest BCUT2D eigenvalue weighted by Crippen LogP contribution is 2.33. The number of pyridine rings is 1. The van der Waals surface area contributed by atoms with E-state index in [0.717, 1.165) is 94.1 Å². The lowest BCUT2D eigenvalue weighted by Crippen LogP contribution is -2.54. The summed E-state index contributed by atoms with van der Waals surface area (Å²) in [6.07, 6.45) is 12.6. The molecular formula is C55H56ClN9O8. The van der Waals surface area contributed by atoms with E-state index < -0.39 is 29.7 Å². The fraction of sp³-hybridized carbons (Fsp3) is 0.364. The van der Waals surface area contributed by atoms with Crippen molar-refractivity contribution in [2.45, 2.75) is 70.3 Å². The average molecular weight is 1010 g/mol. The second-order valence-corrected chi connectivity index (χ2v) is 19.5. The number of carbonyl (C=O) groups is 6. The number of piperidine rings is 2. The molecule has 73 heavy (non-hydrogen) atoms. The van der Waals surface area contributed by atoms with Gasteiger partial charge in [-0.05, 0) is 106 Å². The van der Waals surface area contributed by atoms with Crippen molar-refractivity contribution in [3.8, 4) is 17.2 Å². The summed E-state index contributed by atoms with van der Waals surface area (Å²) in [5.74, 6) is 0.276. The van der Waals surface area contributed by atoms with Crippen LogP contribution in [-0.2, 0) is 16.0 Å². The first-order valence-electron chi connectivity index (χ1n) is 25.2. The highest BCUT2D eigenvalue weighted by atomic mass is 35.5. The zero-order valence-corrected chi connectivity index (χ0v) is 41.2. The fourth-order valence-electron chi connectivity index (χ4n) is 10.3. The number of fused-ring (bicyclic) bond motifs is 2. The van der Waals surface area contributed by atoms with Gasteiger partial charge in [-0.2, -0.15) is 0 Å². The van der Waals surface area contributed by atoms with Crippen LogP contribution in [0.15, 0.2) is 97.6 Å². The highest BCUT2D eigenvalue weighted by Gasteiger charge is 2.45. The molecule has 0 aliphatic carbocycles. The molecule has 3 aromatic carbocycles. The summed E-state index contributed by atoms with van der Waals surface area (Å²) in [6.45, 7) is 6.33. The number of nitrogens with one attached hydrogen (secondary N) is 2. The van der Waals surface area contributed by atoms with Crippen LogP contribution in [0.5, 0.6) is 17.2 Å². The van der Waals surface area contributed by atoms with Gasteiger partial charge in [0.2, 0.25) is 11.8 Å². The molecule has 2 N–H and O–H groups in total. The van der Waals surface area contributed by atoms with Gasteiger partial charge in [0.15, 0.2) is 5.78 Å². The first-order valence-corrected chi connectivity index (χ1v) is 25.5. The molecule has 0 bridgehead atoms. The summed E-state index contributed by atoms with van der Waals surface area (Å²) in [5, 5.41) is 3.15. The van der Waals surface area contributed by atoms with Crippen molar-refractivity contribution in [1.82, 2.24) is 40.0 Å². The lowest BCUT2D eigenvalue weighted by molar-refractivity contribution is -0.136. The number of hydrogen-bond acceptors (Lipinski definition) is 13. The zero-order valence-electron chi connectivity index (χ0n) is 40.4. The molecule has 17 nitrogen and oxygen atoms in total. The Morgan fingerprint density at radius 2 is 1.55 bits per heavy atom. The molecule has 7 heterocycles. The summed E-state index contributed by atoms with van der Waals surface area (Å²) in [7, 11) is 0. The molecule has 4 aliphatic rings. The normalized spacial score (nSPS) is 18.3. The topological polar surface area (TPSA) is 200 Å². The van der Waals surface area contributed by atoms with Gasteiger partial charge in [-0.3, -0.25) is 43.9 Å². The van der Waals surface area contributed by atoms with Crippen LogP contribution >= 0.6 is 11.6 Å². The molecule has 4 aliphatic heterocycles. The number of benzene rings is 3. The van der Waals surface area contributed by atoms with E-state index in [1.165, 1.54) is 6.33 Å². The second-order valence-electron chi connectivity index (χ2n) is 19.1. The van der Waals surface area contributed by atoms with Crippen LogP contribution in [0, 0.1) is 5.92 Å². The summed E-state index contributed by atoms with van der Waals surface area (Å²) in [4.78, 5) is 102. The molecule has 3 aromatic heterocycles. The van der Waals surface area contributed by atoms with Crippen molar-refractivity contribution in [2.75, 3.05) is 57.3 Å². The summed E-state index contributed by atoms with van der Waals surface area (Å²) in [6, 6.07) is 22.0. The molecule has 376 valence electrons. The number of aromatic nitrogens is 4. The lowest BCUT2D eigenvalue weighted by Gasteiger charge is -2.35. The van der Waals surface area contributed by atoms with E-state index in [0.29, 0.717) is 71.1 Å². The number of ketones is 1. The van der Waals surface area contributed by atoms with Crippen molar-refractivity contribution < 1.29 is 38.2 Å². The van der Waals surface area contributed by atoms with Crippen molar-refractivity contribution >= 4 is 63.8 Å². The smallest absolute Gasteiger partial charge is 0.262 e. The molecule has 3 saturated heterocycles. The third-order valence-corrected chi connectivity index (χ3v) is 14.5. The number of rotatable bonds is 18. The van der Waals surface area contributed by atoms with Crippen LogP contribution in [0.4, 0.5) is 5.82 Å². The number of piperazine rings is 1. The number of carbonyl (C=O) groups excluding carboxylic acids is 6. The number of para-hydroxylation sites is 1. The Bertz CT molecular complexity index is 3050. The van der Waals surface area contributed by atoms with Crippen molar-refractivity contribution in [2.24, 2.45) is 5.92 Å². The number of imide groups is 2. The van der Waals surface area contributed by atoms with Crippen LogP contribution < -0.4 is 19.7 Å². The van der Waals surface area contributed by atoms with Gasteiger partial charge in [0.05, 0.1) is 45.0 Å². The molecule has 0 saturated carbocycles. The number of amides is 5. The van der Waals surface area contributed by atoms with Gasteiger partial charge in [0, 0.05) is 69.7 Å². The summed E-state index contributed by atoms with van der Waals surface area (Å²) < 4.78 is 11.8. The monoisotopic (exact) mass is 1010 g/mol. The van der Waals surface area contributed by atoms with Crippen molar-refractivity contribution in [3.05, 3.63) is 136 Å². The molecule has 1 unspecified atom stereocenters. The Labute approximate surface area is 427 Å². The zero-order chi connectivity index (χ0) is 50.4. The largest absolute Gasteiger partial charge is 0.494 e. The maximum atomic E-state index is 14.0. The standard InChI is InChI=1S/C55H56ClN9O8/c56-44-30-39(73-37-11-5-4-6-12-37)15-17-41(44)50(67)43-32-58-51-49(43)45(59-34-60-51)28-35-10-9-22-64(33-35)53(69)36-13-19-47(57-31-36)63-25-23-62(24-26-63)21-7-2-1-3-8-27-72-38-14-16-40-42(29-38)55(71)65(54(40)70)46-18-20-48(66)61-52(46)68/h4-6,11-17,19,29-32,34-35,46H,1-3,7-10,18,20-28,33H2,(H,58,59,60)(H,61,66,68)/t35-,46?/m0/s1. The predicted molar refractivity (Wildman–Crippen MR) is 272 cm³/mol. The van der Waals surface area contributed by atoms with Gasteiger partial charge >= 0.3 is 0 Å². The molecule has 10 rings (SSSR count). The summed E-state index contributed by atoms with van der Waals surface area (Å²) in [5.41, 5.74) is 3.11. The van der Waals surface area contributed by atoms with E-state index in [9.17, 15) is 28.8 Å². The van der Waals surface area contributed by atoms with Crippen LogP contribution in [-0.4, -0.2) is 128 Å². The van der Waals surface area contributed by atoms with Crippen LogP contribution in [0.2, 0.25) is 5.02 Å².